The van der Waals surface area contributed by atoms with Gasteiger partial charge in [-0.05, 0) is 51.8 Å². The maximum atomic E-state index is 13.4. The van der Waals surface area contributed by atoms with Gasteiger partial charge in [-0.1, -0.05) is 17.3 Å². The summed E-state index contributed by atoms with van der Waals surface area (Å²) in [6.45, 7) is 6.94. The lowest BCUT2D eigenvalue weighted by Crippen LogP contribution is -2.17. The number of hydrogen-bond acceptors (Lipinski definition) is 6. The van der Waals surface area contributed by atoms with Crippen LogP contribution in [0.1, 0.15) is 55.4 Å². The molecule has 188 valence electrons. The van der Waals surface area contributed by atoms with Crippen LogP contribution in [0.15, 0.2) is 52.1 Å². The topological polar surface area (TPSA) is 90.1 Å². The Morgan fingerprint density at radius 2 is 1.86 bits per heavy atom. The van der Waals surface area contributed by atoms with Crippen molar-refractivity contribution in [1.82, 2.24) is 19.7 Å². The number of oxazole rings is 1. The highest BCUT2D eigenvalue weighted by atomic mass is 19.4. The van der Waals surface area contributed by atoms with Crippen LogP contribution in [0.25, 0.3) is 33.1 Å². The van der Waals surface area contributed by atoms with Gasteiger partial charge in [-0.2, -0.15) is 13.2 Å². The molecule has 1 aromatic carbocycles. The molecule has 5 aromatic rings. The van der Waals surface area contributed by atoms with Crippen molar-refractivity contribution >= 4 is 21.9 Å². The van der Waals surface area contributed by atoms with Gasteiger partial charge >= 0.3 is 6.18 Å². The average Bonchev–Trinajstić information content (AvgIpc) is 3.51. The Hall–Kier alpha value is -3.66. The first-order valence-electron chi connectivity index (χ1n) is 11.5. The molecule has 0 aliphatic heterocycles. The van der Waals surface area contributed by atoms with Gasteiger partial charge in [-0.3, -0.25) is 4.98 Å². The SMILES string of the molecule is Cc1noc(C)c1-c1cnc2c3ccc(C(C)(C)O)cc3n(C(CCC(F)(F)F)c3cocn3)c2c1. The van der Waals surface area contributed by atoms with Crippen molar-refractivity contribution in [3.05, 3.63) is 65.8 Å². The zero-order valence-electron chi connectivity index (χ0n) is 20.2. The highest BCUT2D eigenvalue weighted by Gasteiger charge is 2.32. The van der Waals surface area contributed by atoms with Crippen LogP contribution in [0, 0.1) is 13.8 Å². The summed E-state index contributed by atoms with van der Waals surface area (Å²) in [4.78, 5) is 8.92. The minimum atomic E-state index is -4.35. The molecule has 1 N–H and O–H groups in total. The van der Waals surface area contributed by atoms with E-state index in [-0.39, 0.29) is 6.42 Å². The summed E-state index contributed by atoms with van der Waals surface area (Å²) < 4.78 is 52.4. The summed E-state index contributed by atoms with van der Waals surface area (Å²) in [5.41, 5.74) is 3.95. The molecule has 0 bridgehead atoms. The molecule has 10 heteroatoms. The average molecular weight is 499 g/mol. The van der Waals surface area contributed by atoms with Gasteiger partial charge in [0.15, 0.2) is 6.39 Å². The van der Waals surface area contributed by atoms with E-state index in [0.717, 1.165) is 16.5 Å². The van der Waals surface area contributed by atoms with Crippen molar-refractivity contribution in [1.29, 1.82) is 0 Å². The van der Waals surface area contributed by atoms with Gasteiger partial charge in [0, 0.05) is 29.1 Å². The number of fused-ring (bicyclic) bond motifs is 3. The molecule has 0 fully saturated rings. The van der Waals surface area contributed by atoms with E-state index in [4.69, 9.17) is 13.9 Å². The van der Waals surface area contributed by atoms with Crippen molar-refractivity contribution < 1.29 is 27.2 Å². The second-order valence-corrected chi connectivity index (χ2v) is 9.53. The summed E-state index contributed by atoms with van der Waals surface area (Å²) in [7, 11) is 0. The summed E-state index contributed by atoms with van der Waals surface area (Å²) in [6.07, 6.45) is -1.32. The van der Waals surface area contributed by atoms with Gasteiger partial charge in [0.1, 0.15) is 17.7 Å². The molecule has 0 saturated heterocycles. The lowest BCUT2D eigenvalue weighted by molar-refractivity contribution is -0.136. The van der Waals surface area contributed by atoms with E-state index in [1.54, 1.807) is 39.1 Å². The molecule has 0 aliphatic rings. The molecule has 0 amide bonds. The van der Waals surface area contributed by atoms with E-state index in [1.807, 2.05) is 23.6 Å². The maximum absolute atomic E-state index is 13.4. The fraction of sp³-hybridized carbons (Fsp3) is 0.346. The number of aliphatic hydroxyl groups is 1. The van der Waals surface area contributed by atoms with E-state index in [1.165, 1.54) is 12.7 Å². The van der Waals surface area contributed by atoms with Gasteiger partial charge in [0.2, 0.25) is 0 Å². The second kappa shape index (κ2) is 8.48. The fourth-order valence-electron chi connectivity index (χ4n) is 4.75. The molecule has 7 nitrogen and oxygen atoms in total. The molecule has 1 unspecified atom stereocenters. The van der Waals surface area contributed by atoms with E-state index in [0.29, 0.717) is 39.3 Å². The lowest BCUT2D eigenvalue weighted by Gasteiger charge is -2.22. The quantitative estimate of drug-likeness (QED) is 0.283. The van der Waals surface area contributed by atoms with Gasteiger partial charge in [-0.25, -0.2) is 4.98 Å². The maximum Gasteiger partial charge on any atom is 0.389 e. The molecule has 0 aliphatic carbocycles. The molecule has 4 aromatic heterocycles. The first-order valence-corrected chi connectivity index (χ1v) is 11.5. The van der Waals surface area contributed by atoms with Gasteiger partial charge in [0.25, 0.3) is 0 Å². The third-order valence-electron chi connectivity index (χ3n) is 6.47. The van der Waals surface area contributed by atoms with E-state index < -0.39 is 24.2 Å². The zero-order valence-corrected chi connectivity index (χ0v) is 20.2. The predicted molar refractivity (Wildman–Crippen MR) is 127 cm³/mol. The Balaban J connectivity index is 1.83. The van der Waals surface area contributed by atoms with Crippen LogP contribution in [-0.2, 0) is 5.60 Å². The van der Waals surface area contributed by atoms with Crippen molar-refractivity contribution in [2.45, 2.75) is 58.4 Å². The normalized spacial score (nSPS) is 13.7. The number of benzene rings is 1. The molecule has 0 spiro atoms. The molecular weight excluding hydrogens is 473 g/mol. The van der Waals surface area contributed by atoms with Crippen LogP contribution < -0.4 is 0 Å². The number of aromatic nitrogens is 4. The highest BCUT2D eigenvalue weighted by Crippen LogP contribution is 2.40. The minimum Gasteiger partial charge on any atom is -0.451 e. The lowest BCUT2D eigenvalue weighted by atomic mass is 9.97. The summed E-state index contributed by atoms with van der Waals surface area (Å²) in [5, 5.41) is 15.4. The molecular formula is C26H25F3N4O3. The minimum absolute atomic E-state index is 0.253. The third-order valence-corrected chi connectivity index (χ3v) is 6.47. The van der Waals surface area contributed by atoms with E-state index >= 15 is 0 Å². The molecule has 0 radical (unpaired) electrons. The van der Waals surface area contributed by atoms with Crippen LogP contribution in [-0.4, -0.2) is 31.0 Å². The number of hydrogen-bond donors (Lipinski definition) is 1. The molecule has 5 rings (SSSR count). The standard InChI is InChI=1S/C26H25F3N4O3/c1-14-23(15(2)36-32-14)16-9-22-24(30-11-16)18-6-5-17(25(3,4)34)10-21(18)33(22)20(7-8-26(27,28)29)19-12-35-13-31-19/h5-6,9-13,20,34H,7-8H2,1-4H3. The van der Waals surface area contributed by atoms with Crippen molar-refractivity contribution in [3.63, 3.8) is 0 Å². The van der Waals surface area contributed by atoms with Crippen LogP contribution in [0.2, 0.25) is 0 Å². The zero-order chi connectivity index (χ0) is 25.8. The number of nitrogens with zero attached hydrogens (tertiary/aromatic N) is 4. The van der Waals surface area contributed by atoms with Crippen LogP contribution in [0.3, 0.4) is 0 Å². The predicted octanol–water partition coefficient (Wildman–Crippen LogP) is 6.61. The van der Waals surface area contributed by atoms with Gasteiger partial charge in [0.05, 0.1) is 33.9 Å². The van der Waals surface area contributed by atoms with E-state index in [2.05, 4.69) is 10.1 Å². The van der Waals surface area contributed by atoms with Gasteiger partial charge in [-0.15, -0.1) is 0 Å². The number of rotatable bonds is 6. The Kier molecular flexibility index (Phi) is 5.66. The summed E-state index contributed by atoms with van der Waals surface area (Å²) in [5.74, 6) is 0.616. The Morgan fingerprint density at radius 1 is 1.08 bits per heavy atom. The van der Waals surface area contributed by atoms with E-state index in [9.17, 15) is 18.3 Å². The Labute approximate surface area is 204 Å². The second-order valence-electron chi connectivity index (χ2n) is 9.53. The fourth-order valence-corrected chi connectivity index (χ4v) is 4.75. The molecule has 4 heterocycles. The van der Waals surface area contributed by atoms with Crippen molar-refractivity contribution in [2.75, 3.05) is 0 Å². The van der Waals surface area contributed by atoms with Crippen LogP contribution >= 0.6 is 0 Å². The largest absolute Gasteiger partial charge is 0.451 e. The first-order chi connectivity index (χ1) is 16.9. The molecule has 1 atom stereocenters. The highest BCUT2D eigenvalue weighted by molar-refractivity contribution is 6.07. The molecule has 0 saturated carbocycles. The van der Waals surface area contributed by atoms with Crippen molar-refractivity contribution in [3.8, 4) is 11.1 Å². The van der Waals surface area contributed by atoms with Gasteiger partial charge < -0.3 is 18.6 Å². The van der Waals surface area contributed by atoms with Crippen molar-refractivity contribution in [2.24, 2.45) is 0 Å². The first kappa shape index (κ1) is 24.1. The monoisotopic (exact) mass is 498 g/mol. The third kappa shape index (κ3) is 4.26. The number of pyridine rings is 1. The smallest absolute Gasteiger partial charge is 0.389 e. The van der Waals surface area contributed by atoms with Crippen LogP contribution in [0.4, 0.5) is 13.2 Å². The molecule has 36 heavy (non-hydrogen) atoms. The Bertz CT molecular complexity index is 1520. The Morgan fingerprint density at radius 3 is 2.47 bits per heavy atom. The summed E-state index contributed by atoms with van der Waals surface area (Å²) in [6, 6.07) is 6.54. The number of halogens is 3. The number of aryl methyl sites for hydroxylation is 2. The van der Waals surface area contributed by atoms with Crippen LogP contribution in [0.5, 0.6) is 0 Å². The summed E-state index contributed by atoms with van der Waals surface area (Å²) >= 11 is 0. The number of alkyl halides is 3.